The fraction of sp³-hybridized carbons (Fsp3) is 0.350. The van der Waals surface area contributed by atoms with Crippen LogP contribution in [0.15, 0.2) is 53.3 Å². The summed E-state index contributed by atoms with van der Waals surface area (Å²) in [5.41, 5.74) is 1.52. The maximum atomic E-state index is 12.7. The molecule has 0 radical (unpaired) electrons. The van der Waals surface area contributed by atoms with E-state index in [1.807, 2.05) is 64.1 Å². The minimum absolute atomic E-state index is 0.151. The Bertz CT molecular complexity index is 1050. The molecule has 0 spiro atoms. The quantitative estimate of drug-likeness (QED) is 0.667. The molecule has 2 heterocycles. The number of rotatable bonds is 3. The van der Waals surface area contributed by atoms with E-state index >= 15 is 0 Å². The van der Waals surface area contributed by atoms with Gasteiger partial charge in [-0.25, -0.2) is 4.68 Å². The fourth-order valence-electron chi connectivity index (χ4n) is 3.12. The van der Waals surface area contributed by atoms with Gasteiger partial charge in [-0.3, -0.25) is 4.79 Å². The monoisotopic (exact) mass is 363 g/mol. The Morgan fingerprint density at radius 2 is 1.70 bits per heavy atom. The molecule has 6 nitrogen and oxygen atoms in total. The third-order valence-corrected chi connectivity index (χ3v) is 5.44. The standard InChI is InChI=1S/C20H22BN3O3/c1-19(2)20(3,4)27-21(26-19)15-9-7-8-14(12-15)13-24-18(25)16-10-5-6-11-17(16)22-23-24/h5-12H,13H2,1-4H3. The Hall–Kier alpha value is -2.51. The van der Waals surface area contributed by atoms with Gasteiger partial charge in [-0.2, -0.15) is 0 Å². The van der Waals surface area contributed by atoms with E-state index in [9.17, 15) is 4.79 Å². The van der Waals surface area contributed by atoms with E-state index in [2.05, 4.69) is 10.3 Å². The molecule has 7 heteroatoms. The summed E-state index contributed by atoms with van der Waals surface area (Å²) in [4.78, 5) is 12.7. The van der Waals surface area contributed by atoms with Gasteiger partial charge in [0.15, 0.2) is 0 Å². The zero-order valence-electron chi connectivity index (χ0n) is 16.0. The minimum Gasteiger partial charge on any atom is -0.399 e. The molecular weight excluding hydrogens is 341 g/mol. The molecule has 27 heavy (non-hydrogen) atoms. The van der Waals surface area contributed by atoms with Gasteiger partial charge in [0.2, 0.25) is 0 Å². The van der Waals surface area contributed by atoms with Crippen LogP contribution >= 0.6 is 0 Å². The highest BCUT2D eigenvalue weighted by molar-refractivity contribution is 6.62. The first kappa shape index (κ1) is 17.9. The number of nitrogens with zero attached hydrogens (tertiary/aromatic N) is 3. The van der Waals surface area contributed by atoms with Crippen LogP contribution in [0.1, 0.15) is 33.3 Å². The fourth-order valence-corrected chi connectivity index (χ4v) is 3.12. The zero-order chi connectivity index (χ0) is 19.2. The lowest BCUT2D eigenvalue weighted by Gasteiger charge is -2.32. The van der Waals surface area contributed by atoms with Crippen LogP contribution in [-0.4, -0.2) is 33.3 Å². The number of fused-ring (bicyclic) bond motifs is 1. The molecule has 0 N–H and O–H groups in total. The predicted molar refractivity (Wildman–Crippen MR) is 105 cm³/mol. The van der Waals surface area contributed by atoms with Gasteiger partial charge >= 0.3 is 7.12 Å². The summed E-state index contributed by atoms with van der Waals surface area (Å²) in [7, 11) is -0.436. The Balaban J connectivity index is 1.63. The van der Waals surface area contributed by atoms with Crippen molar-refractivity contribution in [3.05, 3.63) is 64.4 Å². The van der Waals surface area contributed by atoms with Crippen molar-refractivity contribution in [3.8, 4) is 0 Å². The smallest absolute Gasteiger partial charge is 0.399 e. The molecule has 0 atom stereocenters. The first-order valence-corrected chi connectivity index (χ1v) is 9.04. The molecule has 1 aromatic heterocycles. The summed E-state index contributed by atoms with van der Waals surface area (Å²) < 4.78 is 13.6. The van der Waals surface area contributed by atoms with Crippen LogP contribution in [-0.2, 0) is 15.9 Å². The topological polar surface area (TPSA) is 66.2 Å². The van der Waals surface area contributed by atoms with Crippen LogP contribution in [0, 0.1) is 0 Å². The van der Waals surface area contributed by atoms with E-state index < -0.39 is 18.3 Å². The number of aromatic nitrogens is 3. The molecule has 1 aliphatic rings. The molecule has 0 unspecified atom stereocenters. The SMILES string of the molecule is CC1(C)OB(c2cccc(Cn3nnc4ccccc4c3=O)c2)OC1(C)C. The highest BCUT2D eigenvalue weighted by Crippen LogP contribution is 2.36. The second kappa shape index (κ2) is 6.28. The third-order valence-electron chi connectivity index (χ3n) is 5.44. The maximum absolute atomic E-state index is 12.7. The van der Waals surface area contributed by atoms with Gasteiger partial charge in [0, 0.05) is 0 Å². The highest BCUT2D eigenvalue weighted by Gasteiger charge is 2.51. The van der Waals surface area contributed by atoms with E-state index in [0.29, 0.717) is 17.4 Å². The number of hydrogen-bond acceptors (Lipinski definition) is 5. The van der Waals surface area contributed by atoms with Crippen LogP contribution in [0.4, 0.5) is 0 Å². The van der Waals surface area contributed by atoms with Gasteiger partial charge in [-0.1, -0.05) is 41.6 Å². The predicted octanol–water partition coefficient (Wildman–Crippen LogP) is 2.14. The van der Waals surface area contributed by atoms with Gasteiger partial charge in [-0.15, -0.1) is 5.10 Å². The van der Waals surface area contributed by atoms with Crippen molar-refractivity contribution in [2.24, 2.45) is 0 Å². The molecule has 1 saturated heterocycles. The average Bonchev–Trinajstić information content (AvgIpc) is 2.86. The molecule has 0 aliphatic carbocycles. The van der Waals surface area contributed by atoms with Crippen LogP contribution in [0.2, 0.25) is 0 Å². The lowest BCUT2D eigenvalue weighted by atomic mass is 9.78. The van der Waals surface area contributed by atoms with Crippen molar-refractivity contribution < 1.29 is 9.31 Å². The van der Waals surface area contributed by atoms with Gasteiger partial charge in [-0.05, 0) is 50.9 Å². The maximum Gasteiger partial charge on any atom is 0.494 e. The number of benzene rings is 2. The largest absolute Gasteiger partial charge is 0.494 e. The van der Waals surface area contributed by atoms with E-state index in [4.69, 9.17) is 9.31 Å². The van der Waals surface area contributed by atoms with Gasteiger partial charge in [0.1, 0.15) is 5.52 Å². The third kappa shape index (κ3) is 3.17. The van der Waals surface area contributed by atoms with Crippen molar-refractivity contribution in [1.29, 1.82) is 0 Å². The highest BCUT2D eigenvalue weighted by atomic mass is 16.7. The summed E-state index contributed by atoms with van der Waals surface area (Å²) >= 11 is 0. The number of hydrogen-bond donors (Lipinski definition) is 0. The van der Waals surface area contributed by atoms with Gasteiger partial charge in [0.05, 0.1) is 23.1 Å². The molecule has 0 bridgehead atoms. The van der Waals surface area contributed by atoms with Crippen molar-refractivity contribution in [2.75, 3.05) is 0 Å². The second-order valence-electron chi connectivity index (χ2n) is 7.90. The van der Waals surface area contributed by atoms with Crippen molar-refractivity contribution in [2.45, 2.75) is 45.4 Å². The molecule has 4 rings (SSSR count). The van der Waals surface area contributed by atoms with E-state index in [-0.39, 0.29) is 5.56 Å². The summed E-state index contributed by atoms with van der Waals surface area (Å²) in [6, 6.07) is 15.1. The van der Waals surface area contributed by atoms with Crippen molar-refractivity contribution in [3.63, 3.8) is 0 Å². The normalized spacial score (nSPS) is 18.1. The zero-order valence-corrected chi connectivity index (χ0v) is 16.0. The minimum atomic E-state index is -0.436. The lowest BCUT2D eigenvalue weighted by Crippen LogP contribution is -2.41. The van der Waals surface area contributed by atoms with Gasteiger partial charge in [0.25, 0.3) is 5.56 Å². The molecule has 1 fully saturated rings. The molecule has 3 aromatic rings. The first-order valence-electron chi connectivity index (χ1n) is 9.04. The van der Waals surface area contributed by atoms with Crippen LogP contribution in [0.5, 0.6) is 0 Å². The van der Waals surface area contributed by atoms with Crippen molar-refractivity contribution >= 4 is 23.5 Å². The Labute approximate surface area is 158 Å². The average molecular weight is 363 g/mol. The van der Waals surface area contributed by atoms with Crippen LogP contribution < -0.4 is 11.0 Å². The lowest BCUT2D eigenvalue weighted by molar-refractivity contribution is 0.00578. The Morgan fingerprint density at radius 3 is 2.44 bits per heavy atom. The summed E-state index contributed by atoms with van der Waals surface area (Å²) in [6.45, 7) is 8.45. The van der Waals surface area contributed by atoms with E-state index in [1.54, 1.807) is 12.1 Å². The van der Waals surface area contributed by atoms with E-state index in [1.165, 1.54) is 4.68 Å². The summed E-state index contributed by atoms with van der Waals surface area (Å²) in [5, 5.41) is 8.77. The second-order valence-corrected chi connectivity index (χ2v) is 7.90. The molecule has 1 aliphatic heterocycles. The first-order chi connectivity index (χ1) is 12.8. The van der Waals surface area contributed by atoms with Crippen molar-refractivity contribution in [1.82, 2.24) is 15.0 Å². The summed E-state index contributed by atoms with van der Waals surface area (Å²) in [6.07, 6.45) is 0. The van der Waals surface area contributed by atoms with Crippen LogP contribution in [0.25, 0.3) is 10.9 Å². The summed E-state index contributed by atoms with van der Waals surface area (Å²) in [5.74, 6) is 0. The molecule has 2 aromatic carbocycles. The molecular formula is C20H22BN3O3. The Morgan fingerprint density at radius 1 is 1.00 bits per heavy atom. The van der Waals surface area contributed by atoms with E-state index in [0.717, 1.165) is 11.0 Å². The molecule has 0 amide bonds. The van der Waals surface area contributed by atoms with Gasteiger partial charge < -0.3 is 9.31 Å². The Kier molecular flexibility index (Phi) is 4.16. The van der Waals surface area contributed by atoms with Crippen LogP contribution in [0.3, 0.4) is 0 Å². The molecule has 138 valence electrons. The molecule has 0 saturated carbocycles.